The van der Waals surface area contributed by atoms with E-state index in [1.54, 1.807) is 0 Å². The lowest BCUT2D eigenvalue weighted by molar-refractivity contribution is 0.329. The zero-order valence-corrected chi connectivity index (χ0v) is 9.24. The topological polar surface area (TPSA) is 35.2 Å². The van der Waals surface area contributed by atoms with Crippen LogP contribution in [-0.2, 0) is 0 Å². The minimum Gasteiger partial charge on any atom is -0.490 e. The van der Waals surface area contributed by atoms with Gasteiger partial charge in [-0.15, -0.1) is 12.3 Å². The zero-order valence-electron chi connectivity index (χ0n) is 7.09. The van der Waals surface area contributed by atoms with E-state index in [-0.39, 0.29) is 0 Å². The SMILES string of the molecule is C#CCCOc1ccc(I)cc1N. The molecule has 2 N–H and O–H groups in total. The molecule has 0 heterocycles. The van der Waals surface area contributed by atoms with Crippen LogP contribution in [0.15, 0.2) is 18.2 Å². The van der Waals surface area contributed by atoms with Gasteiger partial charge < -0.3 is 10.5 Å². The Kier molecular flexibility index (Phi) is 3.90. The van der Waals surface area contributed by atoms with Crippen molar-refractivity contribution in [2.24, 2.45) is 0 Å². The second-order valence-electron chi connectivity index (χ2n) is 2.48. The molecule has 0 aliphatic carbocycles. The molecular formula is C10H10INO. The first kappa shape index (κ1) is 10.2. The van der Waals surface area contributed by atoms with Crippen LogP contribution in [0.4, 0.5) is 5.69 Å². The Morgan fingerprint density at radius 2 is 2.31 bits per heavy atom. The normalized spacial score (nSPS) is 9.23. The molecule has 0 unspecified atom stereocenters. The molecule has 2 nitrogen and oxygen atoms in total. The number of hydrogen-bond donors (Lipinski definition) is 1. The van der Waals surface area contributed by atoms with Crippen LogP contribution in [0.2, 0.25) is 0 Å². The van der Waals surface area contributed by atoms with Crippen LogP contribution in [0.3, 0.4) is 0 Å². The molecule has 0 fully saturated rings. The summed E-state index contributed by atoms with van der Waals surface area (Å²) in [7, 11) is 0. The Balaban J connectivity index is 2.62. The van der Waals surface area contributed by atoms with Crippen molar-refractivity contribution in [3.8, 4) is 18.1 Å². The fraction of sp³-hybridized carbons (Fsp3) is 0.200. The lowest BCUT2D eigenvalue weighted by Gasteiger charge is -2.06. The van der Waals surface area contributed by atoms with Crippen molar-refractivity contribution in [2.45, 2.75) is 6.42 Å². The number of hydrogen-bond acceptors (Lipinski definition) is 2. The van der Waals surface area contributed by atoms with Crippen LogP contribution in [0.1, 0.15) is 6.42 Å². The van der Waals surface area contributed by atoms with E-state index in [1.165, 1.54) is 0 Å². The highest BCUT2D eigenvalue weighted by molar-refractivity contribution is 14.1. The second kappa shape index (κ2) is 4.97. The van der Waals surface area contributed by atoms with Crippen molar-refractivity contribution in [3.05, 3.63) is 21.8 Å². The number of benzene rings is 1. The molecular weight excluding hydrogens is 277 g/mol. The van der Waals surface area contributed by atoms with Gasteiger partial charge >= 0.3 is 0 Å². The van der Waals surface area contributed by atoms with E-state index in [9.17, 15) is 0 Å². The summed E-state index contributed by atoms with van der Waals surface area (Å²) in [6.07, 6.45) is 5.69. The summed E-state index contributed by atoms with van der Waals surface area (Å²) in [6.45, 7) is 0.515. The van der Waals surface area contributed by atoms with Gasteiger partial charge in [-0.05, 0) is 40.8 Å². The van der Waals surface area contributed by atoms with Gasteiger partial charge in [0.15, 0.2) is 0 Å². The molecule has 0 spiro atoms. The fourth-order valence-electron chi connectivity index (χ4n) is 0.871. The number of nitrogen functional groups attached to an aromatic ring is 1. The van der Waals surface area contributed by atoms with Gasteiger partial charge in [-0.2, -0.15) is 0 Å². The van der Waals surface area contributed by atoms with E-state index in [4.69, 9.17) is 16.9 Å². The lowest BCUT2D eigenvalue weighted by Crippen LogP contribution is -1.99. The summed E-state index contributed by atoms with van der Waals surface area (Å²) < 4.78 is 6.46. The molecule has 68 valence electrons. The summed E-state index contributed by atoms with van der Waals surface area (Å²) in [5.74, 6) is 3.21. The molecule has 0 radical (unpaired) electrons. The molecule has 3 heteroatoms. The molecule has 1 rings (SSSR count). The van der Waals surface area contributed by atoms with Crippen LogP contribution >= 0.6 is 22.6 Å². The maximum absolute atomic E-state index is 5.72. The average Bonchev–Trinajstić information content (AvgIpc) is 2.09. The van der Waals surface area contributed by atoms with Gasteiger partial charge in [0.05, 0.1) is 12.3 Å². The Morgan fingerprint density at radius 1 is 1.54 bits per heavy atom. The number of nitrogens with two attached hydrogens (primary N) is 1. The lowest BCUT2D eigenvalue weighted by atomic mass is 10.3. The van der Waals surface area contributed by atoms with E-state index < -0.39 is 0 Å². The van der Waals surface area contributed by atoms with Gasteiger partial charge in [0, 0.05) is 9.99 Å². The summed E-state index contributed by atoms with van der Waals surface area (Å²) >= 11 is 2.20. The van der Waals surface area contributed by atoms with Crippen molar-refractivity contribution in [2.75, 3.05) is 12.3 Å². The third-order valence-electron chi connectivity index (χ3n) is 1.48. The largest absolute Gasteiger partial charge is 0.490 e. The van der Waals surface area contributed by atoms with Crippen LogP contribution in [0, 0.1) is 15.9 Å². The number of halogens is 1. The van der Waals surface area contributed by atoms with Gasteiger partial charge in [0.2, 0.25) is 0 Å². The number of anilines is 1. The van der Waals surface area contributed by atoms with Gasteiger partial charge in [0.1, 0.15) is 5.75 Å². The smallest absolute Gasteiger partial charge is 0.142 e. The molecule has 0 amide bonds. The van der Waals surface area contributed by atoms with Gasteiger partial charge in [0.25, 0.3) is 0 Å². The first-order chi connectivity index (χ1) is 6.24. The zero-order chi connectivity index (χ0) is 9.68. The number of terminal acetylenes is 1. The van der Waals surface area contributed by atoms with Crippen molar-refractivity contribution < 1.29 is 4.74 Å². The quantitative estimate of drug-likeness (QED) is 0.400. The van der Waals surface area contributed by atoms with E-state index in [1.807, 2.05) is 18.2 Å². The van der Waals surface area contributed by atoms with E-state index in [0.717, 1.165) is 3.57 Å². The Morgan fingerprint density at radius 3 is 2.92 bits per heavy atom. The number of rotatable bonds is 3. The van der Waals surface area contributed by atoms with Crippen molar-refractivity contribution >= 4 is 28.3 Å². The van der Waals surface area contributed by atoms with Crippen molar-refractivity contribution in [1.29, 1.82) is 0 Å². The molecule has 0 aliphatic heterocycles. The molecule has 0 saturated heterocycles. The molecule has 0 bridgehead atoms. The van der Waals surface area contributed by atoms with E-state index in [2.05, 4.69) is 28.5 Å². The average molecular weight is 287 g/mol. The van der Waals surface area contributed by atoms with Crippen molar-refractivity contribution in [1.82, 2.24) is 0 Å². The monoisotopic (exact) mass is 287 g/mol. The van der Waals surface area contributed by atoms with Crippen LogP contribution in [-0.4, -0.2) is 6.61 Å². The second-order valence-corrected chi connectivity index (χ2v) is 3.73. The van der Waals surface area contributed by atoms with Gasteiger partial charge in [-0.25, -0.2) is 0 Å². The molecule has 1 aromatic rings. The minimum atomic E-state index is 0.515. The Labute approximate surface area is 91.6 Å². The first-order valence-electron chi connectivity index (χ1n) is 3.85. The highest BCUT2D eigenvalue weighted by atomic mass is 127. The highest BCUT2D eigenvalue weighted by Crippen LogP contribution is 2.23. The summed E-state index contributed by atoms with van der Waals surface area (Å²) in [6, 6.07) is 5.67. The van der Waals surface area contributed by atoms with Crippen molar-refractivity contribution in [3.63, 3.8) is 0 Å². The Bertz CT molecular complexity index is 330. The van der Waals surface area contributed by atoms with Gasteiger partial charge in [-0.1, -0.05) is 0 Å². The summed E-state index contributed by atoms with van der Waals surface area (Å²) in [5, 5.41) is 0. The maximum Gasteiger partial charge on any atom is 0.142 e. The minimum absolute atomic E-state index is 0.515. The van der Waals surface area contributed by atoms with Crippen LogP contribution in [0.25, 0.3) is 0 Å². The fourth-order valence-corrected chi connectivity index (χ4v) is 1.39. The Hall–Kier alpha value is -0.890. The first-order valence-corrected chi connectivity index (χ1v) is 4.93. The van der Waals surface area contributed by atoms with Crippen LogP contribution < -0.4 is 10.5 Å². The van der Waals surface area contributed by atoms with Gasteiger partial charge in [-0.3, -0.25) is 0 Å². The summed E-state index contributed by atoms with van der Waals surface area (Å²) in [4.78, 5) is 0. The highest BCUT2D eigenvalue weighted by Gasteiger charge is 1.99. The third-order valence-corrected chi connectivity index (χ3v) is 2.15. The molecule has 0 atom stereocenters. The molecule has 0 saturated carbocycles. The standard InChI is InChI=1S/C10H10INO/c1-2-3-6-13-10-5-4-8(11)7-9(10)12/h1,4-5,7H,3,6,12H2. The predicted octanol–water partition coefficient (Wildman–Crippen LogP) is 2.28. The molecule has 0 aliphatic rings. The summed E-state index contributed by atoms with van der Waals surface area (Å²) in [5.41, 5.74) is 6.38. The molecule has 13 heavy (non-hydrogen) atoms. The predicted molar refractivity (Wildman–Crippen MR) is 62.5 cm³/mol. The third kappa shape index (κ3) is 3.15. The molecule has 0 aromatic heterocycles. The van der Waals surface area contributed by atoms with E-state index in [0.29, 0.717) is 24.5 Å². The molecule has 1 aromatic carbocycles. The maximum atomic E-state index is 5.72. The van der Waals surface area contributed by atoms with Crippen LogP contribution in [0.5, 0.6) is 5.75 Å². The van der Waals surface area contributed by atoms with E-state index >= 15 is 0 Å². The number of ether oxygens (including phenoxy) is 1.